The predicted octanol–water partition coefficient (Wildman–Crippen LogP) is 5.94. The van der Waals surface area contributed by atoms with Crippen molar-refractivity contribution in [1.29, 1.82) is 0 Å². The molecule has 2 aromatic carbocycles. The van der Waals surface area contributed by atoms with Crippen LogP contribution in [0.4, 0.5) is 21.7 Å². The Morgan fingerprint density at radius 3 is 2.43 bits per heavy atom. The second-order valence-electron chi connectivity index (χ2n) is 8.24. The number of aromatic nitrogens is 4. The van der Waals surface area contributed by atoms with Crippen LogP contribution in [0.2, 0.25) is 0 Å². The van der Waals surface area contributed by atoms with Gasteiger partial charge in [-0.05, 0) is 66.1 Å². The third-order valence-electron chi connectivity index (χ3n) is 5.39. The molecule has 0 saturated carbocycles. The Labute approximate surface area is 212 Å². The first-order chi connectivity index (χ1) is 18.0. The number of benzene rings is 2. The summed E-state index contributed by atoms with van der Waals surface area (Å²) in [5, 5.41) is 17.1. The van der Waals surface area contributed by atoms with E-state index in [1.807, 2.05) is 55.5 Å². The van der Waals surface area contributed by atoms with Gasteiger partial charge in [0.15, 0.2) is 5.82 Å². The Bertz CT molecular complexity index is 1550. The smallest absolute Gasteiger partial charge is 0.244 e. The molecule has 0 aliphatic carbocycles. The fourth-order valence-corrected chi connectivity index (χ4v) is 3.62. The normalized spacial score (nSPS) is 11.0. The molecule has 8 nitrogen and oxygen atoms in total. The van der Waals surface area contributed by atoms with Crippen molar-refractivity contribution in [3.8, 4) is 28.1 Å². The van der Waals surface area contributed by atoms with Crippen LogP contribution in [0.3, 0.4) is 0 Å². The van der Waals surface area contributed by atoms with Crippen molar-refractivity contribution in [3.63, 3.8) is 0 Å². The minimum atomic E-state index is -0.541. The first-order valence-corrected chi connectivity index (χ1v) is 11.4. The quantitative estimate of drug-likeness (QED) is 0.191. The molecule has 0 radical (unpaired) electrons. The number of hydrogen-bond acceptors (Lipinski definition) is 8. The third kappa shape index (κ3) is 5.91. The van der Waals surface area contributed by atoms with Gasteiger partial charge in [0.05, 0.1) is 30.0 Å². The van der Waals surface area contributed by atoms with Crippen LogP contribution in [-0.2, 0) is 0 Å². The van der Waals surface area contributed by atoms with Crippen molar-refractivity contribution >= 4 is 23.5 Å². The van der Waals surface area contributed by atoms with Crippen LogP contribution < -0.4 is 10.7 Å². The number of halogens is 1. The first kappa shape index (κ1) is 23.6. The lowest BCUT2D eigenvalue weighted by atomic mass is 10.1. The maximum absolute atomic E-state index is 14.2. The number of nitrogens with zero attached hydrogens (tertiary/aromatic N) is 5. The Morgan fingerprint density at radius 2 is 1.68 bits per heavy atom. The van der Waals surface area contributed by atoms with Crippen LogP contribution in [0.25, 0.3) is 22.4 Å². The lowest BCUT2D eigenvalue weighted by Crippen LogP contribution is -2.01. The highest BCUT2D eigenvalue weighted by atomic mass is 19.1. The second-order valence-corrected chi connectivity index (χ2v) is 8.24. The molecule has 0 saturated heterocycles. The number of pyridine rings is 2. The molecule has 3 aromatic heterocycles. The number of nitrogens with one attached hydrogen (secondary N) is 2. The summed E-state index contributed by atoms with van der Waals surface area (Å²) in [5.41, 5.74) is 8.60. The molecule has 0 unspecified atom stereocenters. The minimum Gasteiger partial charge on any atom is -0.508 e. The zero-order valence-electron chi connectivity index (χ0n) is 19.8. The molecule has 0 bridgehead atoms. The average molecular weight is 492 g/mol. The van der Waals surface area contributed by atoms with Gasteiger partial charge in [-0.3, -0.25) is 9.97 Å². The minimum absolute atomic E-state index is 0.146. The van der Waals surface area contributed by atoms with E-state index < -0.39 is 5.82 Å². The van der Waals surface area contributed by atoms with Crippen LogP contribution in [-0.4, -0.2) is 31.3 Å². The van der Waals surface area contributed by atoms with E-state index in [1.54, 1.807) is 36.8 Å². The largest absolute Gasteiger partial charge is 0.508 e. The number of hydrazone groups is 1. The Kier molecular flexibility index (Phi) is 6.76. The summed E-state index contributed by atoms with van der Waals surface area (Å²) >= 11 is 0. The number of anilines is 3. The fourth-order valence-electron chi connectivity index (χ4n) is 3.62. The van der Waals surface area contributed by atoms with E-state index >= 15 is 0 Å². The van der Waals surface area contributed by atoms with Gasteiger partial charge >= 0.3 is 0 Å². The summed E-state index contributed by atoms with van der Waals surface area (Å²) in [6.45, 7) is 1.88. The van der Waals surface area contributed by atoms with E-state index in [2.05, 4.69) is 35.8 Å². The van der Waals surface area contributed by atoms with E-state index in [0.717, 1.165) is 34.3 Å². The number of phenolic OH excluding ortho intramolecular Hbond substituents is 1. The molecule has 0 spiro atoms. The van der Waals surface area contributed by atoms with Crippen LogP contribution in [0.5, 0.6) is 5.75 Å². The van der Waals surface area contributed by atoms with Crippen molar-refractivity contribution in [3.05, 3.63) is 109 Å². The average Bonchev–Trinajstić information content (AvgIpc) is 2.91. The van der Waals surface area contributed by atoms with Gasteiger partial charge in [-0.25, -0.2) is 19.8 Å². The van der Waals surface area contributed by atoms with Crippen molar-refractivity contribution < 1.29 is 9.50 Å². The third-order valence-corrected chi connectivity index (χ3v) is 5.39. The molecule has 0 atom stereocenters. The predicted molar refractivity (Wildman–Crippen MR) is 142 cm³/mol. The highest BCUT2D eigenvalue weighted by molar-refractivity contribution is 5.78. The Balaban J connectivity index is 1.21. The van der Waals surface area contributed by atoms with Gasteiger partial charge in [0.2, 0.25) is 5.95 Å². The number of aromatic hydroxyl groups is 1. The van der Waals surface area contributed by atoms with Gasteiger partial charge in [-0.15, -0.1) is 0 Å². The van der Waals surface area contributed by atoms with Crippen LogP contribution in [0.15, 0.2) is 96.6 Å². The molecule has 3 heterocycles. The van der Waals surface area contributed by atoms with Crippen LogP contribution >= 0.6 is 0 Å². The zero-order valence-corrected chi connectivity index (χ0v) is 19.8. The second kappa shape index (κ2) is 10.6. The number of hydrogen-bond donors (Lipinski definition) is 3. The van der Waals surface area contributed by atoms with Gasteiger partial charge in [0.25, 0.3) is 0 Å². The molecule has 0 fully saturated rings. The summed E-state index contributed by atoms with van der Waals surface area (Å²) < 4.78 is 14.2. The molecule has 0 aliphatic rings. The maximum atomic E-state index is 14.2. The summed E-state index contributed by atoms with van der Waals surface area (Å²) in [4.78, 5) is 16.6. The molecule has 9 heteroatoms. The number of aryl methyl sites for hydroxylation is 1. The topological polar surface area (TPSA) is 108 Å². The molecule has 37 heavy (non-hydrogen) atoms. The van der Waals surface area contributed by atoms with Crippen LogP contribution in [0, 0.1) is 12.7 Å². The molecule has 3 N–H and O–H groups in total. The van der Waals surface area contributed by atoms with Gasteiger partial charge in [0, 0.05) is 23.6 Å². The molecule has 5 rings (SSSR count). The molecular formula is C28H22FN7O. The van der Waals surface area contributed by atoms with E-state index in [0.29, 0.717) is 11.3 Å². The Morgan fingerprint density at radius 1 is 0.838 bits per heavy atom. The molecule has 5 aromatic rings. The lowest BCUT2D eigenvalue weighted by Gasteiger charge is -2.08. The standard InChI is InChI=1S/C28H22FN7O/c1-18-11-21(14-30-13-18)27-26(29)17-32-28(35-27)36-33-16-23-9-10-24(15-31-23)34-22-7-5-19(6-8-22)20-3-2-4-25(37)12-20/h2-17,34,37H,1H3,(H,32,35,36)/b33-16+. The summed E-state index contributed by atoms with van der Waals surface area (Å²) in [5.74, 6) is -0.151. The highest BCUT2D eigenvalue weighted by Crippen LogP contribution is 2.26. The number of phenols is 1. The molecular weight excluding hydrogens is 469 g/mol. The van der Waals surface area contributed by atoms with Gasteiger partial charge in [-0.2, -0.15) is 5.10 Å². The van der Waals surface area contributed by atoms with Crippen molar-refractivity contribution in [2.75, 3.05) is 10.7 Å². The van der Waals surface area contributed by atoms with Crippen molar-refractivity contribution in [2.45, 2.75) is 6.92 Å². The molecule has 182 valence electrons. The summed E-state index contributed by atoms with van der Waals surface area (Å²) in [6, 6.07) is 20.5. The Hall–Kier alpha value is -5.18. The van der Waals surface area contributed by atoms with E-state index in [9.17, 15) is 9.50 Å². The molecule has 0 amide bonds. The van der Waals surface area contributed by atoms with Gasteiger partial charge in [-0.1, -0.05) is 24.3 Å². The molecule has 0 aliphatic heterocycles. The van der Waals surface area contributed by atoms with Crippen molar-refractivity contribution in [2.24, 2.45) is 5.10 Å². The SMILES string of the molecule is Cc1cncc(-c2nc(N/N=C/c3ccc(Nc4ccc(-c5cccc(O)c5)cc4)cn3)ncc2F)c1. The van der Waals surface area contributed by atoms with Gasteiger partial charge in [0.1, 0.15) is 11.4 Å². The highest BCUT2D eigenvalue weighted by Gasteiger charge is 2.10. The van der Waals surface area contributed by atoms with E-state index in [-0.39, 0.29) is 17.4 Å². The van der Waals surface area contributed by atoms with Crippen molar-refractivity contribution in [1.82, 2.24) is 19.9 Å². The number of rotatable bonds is 7. The first-order valence-electron chi connectivity index (χ1n) is 11.4. The monoisotopic (exact) mass is 491 g/mol. The lowest BCUT2D eigenvalue weighted by molar-refractivity contribution is 0.475. The summed E-state index contributed by atoms with van der Waals surface area (Å²) in [6.07, 6.45) is 7.55. The maximum Gasteiger partial charge on any atom is 0.244 e. The van der Waals surface area contributed by atoms with Gasteiger partial charge < -0.3 is 10.4 Å². The van der Waals surface area contributed by atoms with E-state index in [4.69, 9.17) is 0 Å². The van der Waals surface area contributed by atoms with E-state index in [1.165, 1.54) is 6.21 Å². The fraction of sp³-hybridized carbons (Fsp3) is 0.0357. The zero-order chi connectivity index (χ0) is 25.6. The summed E-state index contributed by atoms with van der Waals surface area (Å²) in [7, 11) is 0. The van der Waals surface area contributed by atoms with Crippen LogP contribution in [0.1, 0.15) is 11.3 Å².